The van der Waals surface area contributed by atoms with E-state index in [0.717, 1.165) is 22.7 Å². The van der Waals surface area contributed by atoms with E-state index in [-0.39, 0.29) is 6.71 Å². The van der Waals surface area contributed by atoms with Gasteiger partial charge in [-0.15, -0.1) is 0 Å². The second kappa shape index (κ2) is 14.9. The molecular formula is C66H47BN4. The smallest absolute Gasteiger partial charge is 0.252 e. The Morgan fingerprint density at radius 3 is 0.986 bits per heavy atom. The maximum absolute atomic E-state index is 2.58. The van der Waals surface area contributed by atoms with Crippen molar-refractivity contribution >= 4 is 122 Å². The molecule has 0 spiro atoms. The Kier molecular flexibility index (Phi) is 8.40. The molecule has 0 saturated heterocycles. The van der Waals surface area contributed by atoms with Gasteiger partial charge in [-0.2, -0.15) is 0 Å². The second-order valence-corrected chi connectivity index (χ2v) is 19.8. The van der Waals surface area contributed by atoms with Crippen LogP contribution in [-0.4, -0.2) is 15.8 Å². The molecule has 0 saturated carbocycles. The predicted octanol–water partition coefficient (Wildman–Crippen LogP) is 15.5. The maximum Gasteiger partial charge on any atom is 0.252 e. The van der Waals surface area contributed by atoms with E-state index < -0.39 is 0 Å². The summed E-state index contributed by atoms with van der Waals surface area (Å²) in [6.07, 6.45) is 0. The van der Waals surface area contributed by atoms with Gasteiger partial charge < -0.3 is 18.9 Å². The zero-order valence-corrected chi connectivity index (χ0v) is 40.1. The number of nitrogens with zero attached hydrogens (tertiary/aromatic N) is 4. The number of aromatic nitrogens is 2. The van der Waals surface area contributed by atoms with Crippen molar-refractivity contribution in [2.75, 3.05) is 9.80 Å². The fraction of sp³-hybridized carbons (Fsp3) is 0.0606. The fourth-order valence-corrected chi connectivity index (χ4v) is 12.7. The standard InChI is InChI=1S/C66H47BN4/c1-40-42(3)68-60-22-13-23-61-64(60)67(56-32-34-58(62(40)65(56)68)70(52-28-24-44-14-5-9-18-48(44)36-52)53-29-25-45-15-6-10-19-49(45)37-53)57-33-35-59(63-41(2)43(4)69(61)66(57)63)71(54-30-26-46-16-7-11-20-50(46)38-54)55-31-27-47-17-8-12-21-51(47)39-55/h5-39H,1-4H3. The molecule has 4 heterocycles. The molecule has 0 unspecified atom stereocenters. The summed E-state index contributed by atoms with van der Waals surface area (Å²) in [5, 5.41) is 12.4. The van der Waals surface area contributed by atoms with E-state index in [2.05, 4.69) is 259 Å². The first-order valence-corrected chi connectivity index (χ1v) is 24.9. The van der Waals surface area contributed by atoms with Gasteiger partial charge in [0.15, 0.2) is 0 Å². The second-order valence-electron chi connectivity index (χ2n) is 19.8. The lowest BCUT2D eigenvalue weighted by atomic mass is 9.34. The lowest BCUT2D eigenvalue weighted by Gasteiger charge is -2.35. The molecule has 2 aromatic heterocycles. The average Bonchev–Trinajstić information content (AvgIpc) is 3.84. The van der Waals surface area contributed by atoms with Crippen molar-refractivity contribution in [3.63, 3.8) is 0 Å². The van der Waals surface area contributed by atoms with Gasteiger partial charge in [-0.3, -0.25) is 0 Å². The Bertz CT molecular complexity index is 4000. The SMILES string of the molecule is Cc1c(C)n2c3c(ccc(N(c4ccc5ccccc5c4)c4ccc5ccccc5c4)c13)B1c3c-2cccc3-n2c(C)c(C)c3c(N(c4ccc5ccccc5c4)c4ccc5ccccc5c4)ccc1c32. The molecule has 0 fully saturated rings. The zero-order chi connectivity index (χ0) is 47.2. The van der Waals surface area contributed by atoms with Crippen LogP contribution >= 0.6 is 0 Å². The molecule has 11 aromatic carbocycles. The average molecular weight is 907 g/mol. The number of anilines is 6. The topological polar surface area (TPSA) is 16.3 Å². The monoisotopic (exact) mass is 906 g/mol. The molecule has 13 aromatic rings. The highest BCUT2D eigenvalue weighted by molar-refractivity contribution is 7.00. The third kappa shape index (κ3) is 5.63. The first-order chi connectivity index (χ1) is 34.9. The Balaban J connectivity index is 0.986. The maximum atomic E-state index is 2.58. The summed E-state index contributed by atoms with van der Waals surface area (Å²) < 4.78 is 5.17. The van der Waals surface area contributed by atoms with Crippen LogP contribution in [0.25, 0.3) is 76.3 Å². The Labute approximate surface area is 412 Å². The van der Waals surface area contributed by atoms with Crippen molar-refractivity contribution < 1.29 is 0 Å². The van der Waals surface area contributed by atoms with E-state index in [9.17, 15) is 0 Å². The summed E-state index contributed by atoms with van der Waals surface area (Å²) in [5.74, 6) is 0. The summed E-state index contributed by atoms with van der Waals surface area (Å²) >= 11 is 0. The molecule has 15 rings (SSSR count). The van der Waals surface area contributed by atoms with E-state index in [1.807, 2.05) is 0 Å². The van der Waals surface area contributed by atoms with Gasteiger partial charge in [-0.25, -0.2) is 0 Å². The van der Waals surface area contributed by atoms with Crippen molar-refractivity contribution in [1.29, 1.82) is 0 Å². The van der Waals surface area contributed by atoms with Gasteiger partial charge in [0.1, 0.15) is 0 Å². The molecule has 4 nitrogen and oxygen atoms in total. The Hall–Kier alpha value is -8.80. The third-order valence-corrected chi connectivity index (χ3v) is 16.2. The number of hydrogen-bond acceptors (Lipinski definition) is 2. The van der Waals surface area contributed by atoms with E-state index in [0.29, 0.717) is 0 Å². The third-order valence-electron chi connectivity index (χ3n) is 16.2. The number of fused-ring (bicyclic) bond motifs is 8. The van der Waals surface area contributed by atoms with Crippen molar-refractivity contribution in [1.82, 2.24) is 9.13 Å². The minimum atomic E-state index is 0.0151. The summed E-state index contributed by atoms with van der Waals surface area (Å²) in [5.41, 5.74) is 21.2. The van der Waals surface area contributed by atoms with Gasteiger partial charge in [0.05, 0.1) is 22.4 Å². The molecule has 2 aliphatic heterocycles. The van der Waals surface area contributed by atoms with Crippen LogP contribution in [0.3, 0.4) is 0 Å². The van der Waals surface area contributed by atoms with Crippen LogP contribution in [-0.2, 0) is 0 Å². The van der Waals surface area contributed by atoms with Crippen molar-refractivity contribution in [3.8, 4) is 11.4 Å². The van der Waals surface area contributed by atoms with Crippen LogP contribution in [0, 0.1) is 27.7 Å². The highest BCUT2D eigenvalue weighted by atomic mass is 15.2. The molecule has 334 valence electrons. The van der Waals surface area contributed by atoms with Crippen LogP contribution < -0.4 is 26.2 Å². The van der Waals surface area contributed by atoms with E-state index in [4.69, 9.17) is 0 Å². The minimum absolute atomic E-state index is 0.0151. The molecule has 0 radical (unpaired) electrons. The quantitative estimate of drug-likeness (QED) is 0.155. The van der Waals surface area contributed by atoms with Gasteiger partial charge in [0, 0.05) is 56.3 Å². The molecule has 2 aliphatic rings. The van der Waals surface area contributed by atoms with E-state index in [1.54, 1.807) is 0 Å². The molecule has 0 N–H and O–H groups in total. The van der Waals surface area contributed by atoms with Gasteiger partial charge in [0.2, 0.25) is 0 Å². The Morgan fingerprint density at radius 2 is 0.648 bits per heavy atom. The molecular weight excluding hydrogens is 860 g/mol. The first kappa shape index (κ1) is 40.1. The summed E-state index contributed by atoms with van der Waals surface area (Å²) in [6, 6.07) is 79.2. The first-order valence-electron chi connectivity index (χ1n) is 24.9. The highest BCUT2D eigenvalue weighted by Crippen LogP contribution is 2.47. The zero-order valence-electron chi connectivity index (χ0n) is 40.1. The summed E-state index contributed by atoms with van der Waals surface area (Å²) in [4.78, 5) is 5.00. The molecule has 0 bridgehead atoms. The molecule has 5 heteroatoms. The summed E-state index contributed by atoms with van der Waals surface area (Å²) in [7, 11) is 0. The summed E-state index contributed by atoms with van der Waals surface area (Å²) in [6.45, 7) is 9.32. The molecule has 0 aliphatic carbocycles. The minimum Gasteiger partial charge on any atom is -0.314 e. The van der Waals surface area contributed by atoms with Crippen LogP contribution in [0.2, 0.25) is 0 Å². The van der Waals surface area contributed by atoms with Gasteiger partial charge in [0.25, 0.3) is 6.71 Å². The van der Waals surface area contributed by atoms with Crippen molar-refractivity contribution in [2.45, 2.75) is 27.7 Å². The van der Waals surface area contributed by atoms with Crippen LogP contribution in [0.15, 0.2) is 212 Å². The number of hydrogen-bond donors (Lipinski definition) is 0. The lowest BCUT2D eigenvalue weighted by molar-refractivity contribution is 1.02. The van der Waals surface area contributed by atoms with Crippen molar-refractivity contribution in [2.24, 2.45) is 0 Å². The van der Waals surface area contributed by atoms with Gasteiger partial charge >= 0.3 is 0 Å². The number of aryl methyl sites for hydroxylation is 2. The van der Waals surface area contributed by atoms with Crippen LogP contribution in [0.4, 0.5) is 34.1 Å². The Morgan fingerprint density at radius 1 is 0.324 bits per heavy atom. The lowest BCUT2D eigenvalue weighted by Crippen LogP contribution is -2.59. The highest BCUT2D eigenvalue weighted by Gasteiger charge is 2.42. The van der Waals surface area contributed by atoms with E-state index >= 15 is 0 Å². The molecule has 0 amide bonds. The van der Waals surface area contributed by atoms with Crippen LogP contribution in [0.5, 0.6) is 0 Å². The largest absolute Gasteiger partial charge is 0.314 e. The normalized spacial score (nSPS) is 12.5. The van der Waals surface area contributed by atoms with Crippen LogP contribution in [0.1, 0.15) is 22.5 Å². The molecule has 0 atom stereocenters. The van der Waals surface area contributed by atoms with Gasteiger partial charge in [-0.1, -0.05) is 140 Å². The van der Waals surface area contributed by atoms with E-state index in [1.165, 1.54) is 127 Å². The van der Waals surface area contributed by atoms with Crippen molar-refractivity contribution in [3.05, 3.63) is 235 Å². The fourth-order valence-electron chi connectivity index (χ4n) is 12.7. The number of rotatable bonds is 6. The van der Waals surface area contributed by atoms with Gasteiger partial charge in [-0.05, 0) is 171 Å². The predicted molar refractivity (Wildman–Crippen MR) is 303 cm³/mol. The number of benzene rings is 11. The molecule has 71 heavy (non-hydrogen) atoms.